The van der Waals surface area contributed by atoms with E-state index in [0.29, 0.717) is 12.0 Å². The molecule has 14 heteroatoms. The highest BCUT2D eigenvalue weighted by atomic mass is 35.5. The molecule has 0 aliphatic carbocycles. The smallest absolute Gasteiger partial charge is 0.444 e. The van der Waals surface area contributed by atoms with Gasteiger partial charge in [0.05, 0.1) is 6.04 Å². The molecule has 0 saturated carbocycles. The zero-order chi connectivity index (χ0) is 27.0. The Bertz CT molecular complexity index is 984. The van der Waals surface area contributed by atoms with Crippen molar-refractivity contribution in [3.05, 3.63) is 11.5 Å². The third-order valence-corrected chi connectivity index (χ3v) is 5.55. The van der Waals surface area contributed by atoms with Crippen molar-refractivity contribution in [2.24, 2.45) is 5.92 Å². The number of alkyl halides is 1. The average Bonchev–Trinajstić information content (AvgIpc) is 2.99. The van der Waals surface area contributed by atoms with Gasteiger partial charge in [-0.1, -0.05) is 0 Å². The van der Waals surface area contributed by atoms with E-state index in [4.69, 9.17) is 35.4 Å². The number of carbonyl (C=O) groups excluding carboxylic acids is 5. The molecule has 1 unspecified atom stereocenters. The van der Waals surface area contributed by atoms with Gasteiger partial charge in [-0.05, 0) is 48.0 Å². The van der Waals surface area contributed by atoms with Gasteiger partial charge in [-0.15, -0.1) is 16.7 Å². The molecule has 3 rings (SSSR count). The number of imide groups is 1. The van der Waals surface area contributed by atoms with Crippen LogP contribution in [-0.2, 0) is 33.4 Å². The van der Waals surface area contributed by atoms with Crippen LogP contribution in [0.5, 0.6) is 0 Å². The van der Waals surface area contributed by atoms with Crippen LogP contribution in [-0.4, -0.2) is 82.5 Å². The molecule has 0 radical (unpaired) electrons. The SMILES string of the molecule is CC(C)(C)OC(=O)OC1=C(COC(=O)NC(=O)CCl)C2CCN(OC(=O)OC(C)(C)C)[C@@H]3C(=O)N1[C@H]23. The molecule has 0 spiro atoms. The number of halogens is 1. The minimum atomic E-state index is -1.05. The molecule has 3 atom stereocenters. The van der Waals surface area contributed by atoms with Crippen molar-refractivity contribution in [2.75, 3.05) is 19.0 Å². The number of hydroxylamine groups is 2. The van der Waals surface area contributed by atoms with Crippen molar-refractivity contribution in [3.63, 3.8) is 0 Å². The van der Waals surface area contributed by atoms with Crippen LogP contribution >= 0.6 is 11.6 Å². The minimum absolute atomic E-state index is 0.115. The second kappa shape index (κ2) is 10.1. The Balaban J connectivity index is 1.79. The second-order valence-corrected chi connectivity index (χ2v) is 10.7. The van der Waals surface area contributed by atoms with E-state index in [1.54, 1.807) is 41.5 Å². The van der Waals surface area contributed by atoms with E-state index in [1.807, 2.05) is 5.32 Å². The Labute approximate surface area is 212 Å². The zero-order valence-electron chi connectivity index (χ0n) is 20.9. The van der Waals surface area contributed by atoms with Crippen molar-refractivity contribution < 1.29 is 47.8 Å². The van der Waals surface area contributed by atoms with Crippen LogP contribution in [0, 0.1) is 5.92 Å². The summed E-state index contributed by atoms with van der Waals surface area (Å²) in [5.41, 5.74) is -1.29. The molecule has 3 heterocycles. The summed E-state index contributed by atoms with van der Waals surface area (Å²) in [5.74, 6) is -2.16. The molecule has 0 aromatic carbocycles. The van der Waals surface area contributed by atoms with Gasteiger partial charge in [-0.2, -0.15) is 0 Å². The molecule has 2 fully saturated rings. The lowest BCUT2D eigenvalue weighted by Crippen LogP contribution is -2.72. The lowest BCUT2D eigenvalue weighted by molar-refractivity contribution is -0.223. The number of rotatable bonds is 5. The number of hydrogen-bond acceptors (Lipinski definition) is 11. The van der Waals surface area contributed by atoms with Crippen LogP contribution in [0.1, 0.15) is 48.0 Å². The predicted octanol–water partition coefficient (Wildman–Crippen LogP) is 2.42. The summed E-state index contributed by atoms with van der Waals surface area (Å²) in [6.07, 6.45) is -2.68. The normalized spacial score (nSPS) is 23.4. The zero-order valence-corrected chi connectivity index (χ0v) is 21.7. The Morgan fingerprint density at radius 1 is 1.03 bits per heavy atom. The first-order valence-corrected chi connectivity index (χ1v) is 11.8. The highest BCUT2D eigenvalue weighted by Gasteiger charge is 2.65. The fraction of sp³-hybridized carbons (Fsp3) is 0.682. The monoisotopic (exact) mass is 531 g/mol. The fourth-order valence-electron chi connectivity index (χ4n) is 4.12. The van der Waals surface area contributed by atoms with Gasteiger partial charge >= 0.3 is 18.4 Å². The third kappa shape index (κ3) is 6.19. The van der Waals surface area contributed by atoms with Gasteiger partial charge in [0, 0.05) is 18.0 Å². The van der Waals surface area contributed by atoms with Crippen molar-refractivity contribution >= 4 is 41.8 Å². The quantitative estimate of drug-likeness (QED) is 0.241. The summed E-state index contributed by atoms with van der Waals surface area (Å²) in [6, 6.07) is -1.39. The van der Waals surface area contributed by atoms with Gasteiger partial charge < -0.3 is 23.8 Å². The number of β-lactam (4-membered cyclic amide) rings is 1. The highest BCUT2D eigenvalue weighted by Crippen LogP contribution is 2.49. The maximum Gasteiger partial charge on any atom is 0.528 e. The first-order valence-electron chi connectivity index (χ1n) is 11.3. The Kier molecular flexibility index (Phi) is 7.75. The van der Waals surface area contributed by atoms with E-state index >= 15 is 0 Å². The van der Waals surface area contributed by atoms with Crippen LogP contribution in [0.25, 0.3) is 0 Å². The molecule has 3 amide bonds. The summed E-state index contributed by atoms with van der Waals surface area (Å²) >= 11 is 5.38. The van der Waals surface area contributed by atoms with Gasteiger partial charge in [0.2, 0.25) is 11.8 Å². The molecular formula is C22H30ClN3O10. The summed E-state index contributed by atoms with van der Waals surface area (Å²) in [7, 11) is 0. The number of alkyl carbamates (subject to hydrolysis) is 1. The number of amides is 3. The third-order valence-electron chi connectivity index (χ3n) is 5.31. The number of ether oxygens (including phenoxy) is 4. The molecule has 0 aromatic heterocycles. The first-order chi connectivity index (χ1) is 16.6. The average molecular weight is 532 g/mol. The Morgan fingerprint density at radius 2 is 1.64 bits per heavy atom. The molecule has 0 bridgehead atoms. The summed E-state index contributed by atoms with van der Waals surface area (Å²) in [4.78, 5) is 67.5. The van der Waals surface area contributed by atoms with Crippen LogP contribution in [0.3, 0.4) is 0 Å². The van der Waals surface area contributed by atoms with Gasteiger partial charge in [-0.25, -0.2) is 14.4 Å². The molecule has 13 nitrogen and oxygen atoms in total. The van der Waals surface area contributed by atoms with Crippen molar-refractivity contribution in [1.29, 1.82) is 0 Å². The number of carbonyl (C=O) groups is 5. The highest BCUT2D eigenvalue weighted by molar-refractivity contribution is 6.28. The lowest BCUT2D eigenvalue weighted by atomic mass is 9.79. The van der Waals surface area contributed by atoms with E-state index in [0.717, 1.165) is 0 Å². The van der Waals surface area contributed by atoms with E-state index in [9.17, 15) is 24.0 Å². The molecule has 3 aliphatic heterocycles. The van der Waals surface area contributed by atoms with E-state index in [1.165, 1.54) is 9.96 Å². The first kappa shape index (κ1) is 27.5. The largest absolute Gasteiger partial charge is 0.528 e. The van der Waals surface area contributed by atoms with Crippen LogP contribution in [0.15, 0.2) is 11.5 Å². The molecule has 200 valence electrons. The molecule has 2 saturated heterocycles. The predicted molar refractivity (Wildman–Crippen MR) is 121 cm³/mol. The number of piperidine rings is 1. The molecule has 36 heavy (non-hydrogen) atoms. The van der Waals surface area contributed by atoms with Crippen LogP contribution < -0.4 is 5.32 Å². The molecule has 0 aromatic rings. The van der Waals surface area contributed by atoms with E-state index in [-0.39, 0.29) is 25.0 Å². The van der Waals surface area contributed by atoms with Crippen molar-refractivity contribution in [1.82, 2.24) is 15.3 Å². The van der Waals surface area contributed by atoms with Gasteiger partial charge in [0.25, 0.3) is 5.91 Å². The topological polar surface area (TPSA) is 150 Å². The molecule has 1 N–H and O–H groups in total. The van der Waals surface area contributed by atoms with Crippen LogP contribution in [0.4, 0.5) is 14.4 Å². The Morgan fingerprint density at radius 3 is 2.22 bits per heavy atom. The lowest BCUT2D eigenvalue weighted by Gasteiger charge is -2.51. The number of nitrogens with zero attached hydrogens (tertiary/aromatic N) is 2. The second-order valence-electron chi connectivity index (χ2n) is 10.4. The van der Waals surface area contributed by atoms with Crippen molar-refractivity contribution in [3.8, 4) is 0 Å². The minimum Gasteiger partial charge on any atom is -0.444 e. The maximum absolute atomic E-state index is 13.1. The van der Waals surface area contributed by atoms with Gasteiger partial charge in [-0.3, -0.25) is 19.8 Å². The van der Waals surface area contributed by atoms with Gasteiger partial charge in [0.1, 0.15) is 29.7 Å². The van der Waals surface area contributed by atoms with Crippen LogP contribution in [0.2, 0.25) is 0 Å². The van der Waals surface area contributed by atoms with E-state index < -0.39 is 59.4 Å². The van der Waals surface area contributed by atoms with Gasteiger partial charge in [0.15, 0.2) is 0 Å². The van der Waals surface area contributed by atoms with E-state index in [2.05, 4.69) is 0 Å². The fourth-order valence-corrected chi connectivity index (χ4v) is 4.19. The molecular weight excluding hydrogens is 502 g/mol. The number of hydrogen-bond donors (Lipinski definition) is 1. The summed E-state index contributed by atoms with van der Waals surface area (Å²) in [6.45, 7) is 9.79. The summed E-state index contributed by atoms with van der Waals surface area (Å²) in [5, 5.41) is 3.19. The summed E-state index contributed by atoms with van der Waals surface area (Å²) < 4.78 is 20.9. The number of nitrogens with one attached hydrogen (secondary N) is 1. The standard InChI is InChI=1S/C22H30ClN3O10/c1-21(2,3)34-19(30)33-17-12(10-32-18(29)24-13(27)9-23)11-7-8-25(15-14(11)26(17)16(15)28)36-20(31)35-22(4,5)6/h11,14-15H,7-10H2,1-6H3,(H,24,27,29)/t11?,14-,15+/m1/s1. The Hall–Kier alpha value is -3.06. The molecule has 3 aliphatic rings. The maximum atomic E-state index is 13.1. The van der Waals surface area contributed by atoms with Crippen molar-refractivity contribution in [2.45, 2.75) is 71.2 Å².